The first-order valence-corrected chi connectivity index (χ1v) is 7.25. The Morgan fingerprint density at radius 3 is 2.65 bits per heavy atom. The number of carbonyl (C=O) groups excluding carboxylic acids is 1. The van der Waals surface area contributed by atoms with Crippen molar-refractivity contribution in [2.24, 2.45) is 0 Å². The first-order chi connectivity index (χ1) is 9.11. The van der Waals surface area contributed by atoms with E-state index in [0.717, 1.165) is 31.5 Å². The Hall–Kier alpha value is -0.480. The first kappa shape index (κ1) is 17.6. The summed E-state index contributed by atoms with van der Waals surface area (Å²) in [5.41, 5.74) is 0.724. The van der Waals surface area contributed by atoms with Crippen molar-refractivity contribution < 1.29 is 4.79 Å². The van der Waals surface area contributed by atoms with Crippen LogP contribution >= 0.6 is 35.6 Å². The third-order valence-corrected chi connectivity index (χ3v) is 4.28. The number of benzene rings is 1. The number of halogens is 3. The Bertz CT molecular complexity index is 447. The van der Waals surface area contributed by atoms with Gasteiger partial charge >= 0.3 is 0 Å². The predicted molar refractivity (Wildman–Crippen MR) is 86.1 cm³/mol. The van der Waals surface area contributed by atoms with Crippen LogP contribution in [-0.2, 0) is 11.2 Å². The second-order valence-corrected chi connectivity index (χ2v) is 5.66. The highest BCUT2D eigenvalue weighted by molar-refractivity contribution is 6.36. The minimum atomic E-state index is 0. The number of hydrogen-bond acceptors (Lipinski definition) is 2. The molecule has 6 heteroatoms. The van der Waals surface area contributed by atoms with Crippen LogP contribution in [0, 0.1) is 0 Å². The van der Waals surface area contributed by atoms with Gasteiger partial charge < -0.3 is 10.2 Å². The highest BCUT2D eigenvalue weighted by Gasteiger charge is 2.23. The van der Waals surface area contributed by atoms with Crippen LogP contribution in [0.25, 0.3) is 0 Å². The van der Waals surface area contributed by atoms with Gasteiger partial charge in [-0.1, -0.05) is 29.3 Å². The lowest BCUT2D eigenvalue weighted by atomic mass is 10.0. The average molecular weight is 338 g/mol. The third kappa shape index (κ3) is 4.26. The van der Waals surface area contributed by atoms with Crippen LogP contribution in [0.1, 0.15) is 18.4 Å². The van der Waals surface area contributed by atoms with E-state index in [0.29, 0.717) is 16.1 Å². The zero-order valence-electron chi connectivity index (χ0n) is 11.4. The van der Waals surface area contributed by atoms with E-state index >= 15 is 0 Å². The van der Waals surface area contributed by atoms with Gasteiger partial charge in [-0.05, 0) is 37.6 Å². The first-order valence-electron chi connectivity index (χ1n) is 6.49. The summed E-state index contributed by atoms with van der Waals surface area (Å²) in [6, 6.07) is 5.71. The van der Waals surface area contributed by atoms with E-state index in [1.165, 1.54) is 0 Å². The maximum absolute atomic E-state index is 12.3. The molecule has 1 unspecified atom stereocenters. The fourth-order valence-electron chi connectivity index (χ4n) is 2.40. The Labute approximate surface area is 136 Å². The molecule has 0 saturated carbocycles. The maximum Gasteiger partial charge on any atom is 0.227 e. The van der Waals surface area contributed by atoms with Gasteiger partial charge in [0.15, 0.2) is 0 Å². The zero-order chi connectivity index (χ0) is 13.8. The topological polar surface area (TPSA) is 32.3 Å². The molecular formula is C14H19Cl3N2O. The molecule has 1 amide bonds. The molecule has 20 heavy (non-hydrogen) atoms. The van der Waals surface area contributed by atoms with Gasteiger partial charge in [0.25, 0.3) is 0 Å². The number of amides is 1. The van der Waals surface area contributed by atoms with Crippen molar-refractivity contribution >= 4 is 41.5 Å². The Morgan fingerprint density at radius 2 is 2.05 bits per heavy atom. The van der Waals surface area contributed by atoms with E-state index in [1.54, 1.807) is 18.2 Å². The number of likely N-dealkylation sites (N-methyl/N-ethyl adjacent to an activating group) is 1. The molecule has 0 bridgehead atoms. The van der Waals surface area contributed by atoms with E-state index in [2.05, 4.69) is 5.32 Å². The number of hydrogen-bond donors (Lipinski definition) is 1. The van der Waals surface area contributed by atoms with Crippen molar-refractivity contribution in [2.45, 2.75) is 25.3 Å². The lowest BCUT2D eigenvalue weighted by Gasteiger charge is -2.32. The van der Waals surface area contributed by atoms with E-state index < -0.39 is 0 Å². The summed E-state index contributed by atoms with van der Waals surface area (Å²) in [6.07, 6.45) is 2.43. The summed E-state index contributed by atoms with van der Waals surface area (Å²) >= 11 is 12.2. The van der Waals surface area contributed by atoms with Gasteiger partial charge in [-0.2, -0.15) is 0 Å². The van der Waals surface area contributed by atoms with Gasteiger partial charge in [0.2, 0.25) is 5.91 Å². The van der Waals surface area contributed by atoms with Crippen molar-refractivity contribution in [1.82, 2.24) is 10.2 Å². The van der Waals surface area contributed by atoms with Gasteiger partial charge in [0, 0.05) is 29.2 Å². The standard InChI is InChI=1S/C14H18Cl2N2O.ClH/c1-17-10-4-3-7-18(9-10)14(19)8-11-12(15)5-2-6-13(11)16;/h2,5-6,10,17H,3-4,7-9H2,1H3;1H. The SMILES string of the molecule is CNC1CCCN(C(=O)Cc2c(Cl)cccc2Cl)C1.Cl. The Morgan fingerprint density at radius 1 is 1.40 bits per heavy atom. The number of rotatable bonds is 3. The monoisotopic (exact) mass is 336 g/mol. The summed E-state index contributed by atoms with van der Waals surface area (Å²) in [4.78, 5) is 14.2. The van der Waals surface area contributed by atoms with Crippen molar-refractivity contribution in [3.63, 3.8) is 0 Å². The van der Waals surface area contributed by atoms with Crippen molar-refractivity contribution in [1.29, 1.82) is 0 Å². The highest BCUT2D eigenvalue weighted by Crippen LogP contribution is 2.25. The lowest BCUT2D eigenvalue weighted by molar-refractivity contribution is -0.131. The molecule has 0 aliphatic carbocycles. The fraction of sp³-hybridized carbons (Fsp3) is 0.500. The van der Waals surface area contributed by atoms with Crippen molar-refractivity contribution in [2.75, 3.05) is 20.1 Å². The molecule has 1 atom stereocenters. The molecule has 1 heterocycles. The van der Waals surface area contributed by atoms with Gasteiger partial charge in [-0.3, -0.25) is 4.79 Å². The van der Waals surface area contributed by atoms with Crippen LogP contribution in [0.3, 0.4) is 0 Å². The van der Waals surface area contributed by atoms with Gasteiger partial charge in [0.05, 0.1) is 6.42 Å². The molecule has 3 nitrogen and oxygen atoms in total. The quantitative estimate of drug-likeness (QED) is 0.919. The number of carbonyl (C=O) groups is 1. The van der Waals surface area contributed by atoms with Crippen LogP contribution < -0.4 is 5.32 Å². The molecule has 1 fully saturated rings. The van der Waals surface area contributed by atoms with E-state index in [1.807, 2.05) is 11.9 Å². The number of nitrogens with zero attached hydrogens (tertiary/aromatic N) is 1. The van der Waals surface area contributed by atoms with Gasteiger partial charge in [-0.15, -0.1) is 12.4 Å². The summed E-state index contributed by atoms with van der Waals surface area (Å²) in [7, 11) is 1.93. The second kappa shape index (κ2) is 8.08. The molecule has 112 valence electrons. The van der Waals surface area contributed by atoms with Gasteiger partial charge in [0.1, 0.15) is 0 Å². The summed E-state index contributed by atoms with van der Waals surface area (Å²) in [5.74, 6) is 0.0925. The number of piperidine rings is 1. The van der Waals surface area contributed by atoms with Crippen LogP contribution in [0.5, 0.6) is 0 Å². The molecule has 0 aromatic heterocycles. The predicted octanol–water partition coefficient (Wildman–Crippen LogP) is 3.17. The lowest BCUT2D eigenvalue weighted by Crippen LogP contribution is -2.47. The minimum absolute atomic E-state index is 0. The fourth-order valence-corrected chi connectivity index (χ4v) is 2.93. The molecular weight excluding hydrogens is 319 g/mol. The smallest absolute Gasteiger partial charge is 0.227 e. The highest BCUT2D eigenvalue weighted by atomic mass is 35.5. The van der Waals surface area contributed by atoms with E-state index in [-0.39, 0.29) is 24.7 Å². The summed E-state index contributed by atoms with van der Waals surface area (Å²) in [6.45, 7) is 1.58. The zero-order valence-corrected chi connectivity index (χ0v) is 13.7. The number of nitrogens with one attached hydrogen (secondary N) is 1. The maximum atomic E-state index is 12.3. The average Bonchev–Trinajstić information content (AvgIpc) is 2.43. The normalized spacial score (nSPS) is 18.6. The molecule has 1 aromatic carbocycles. The van der Waals surface area contributed by atoms with Gasteiger partial charge in [-0.25, -0.2) is 0 Å². The van der Waals surface area contributed by atoms with Crippen LogP contribution in [-0.4, -0.2) is 37.0 Å². The molecule has 2 rings (SSSR count). The molecule has 1 N–H and O–H groups in total. The molecule has 0 radical (unpaired) electrons. The van der Waals surface area contributed by atoms with E-state index in [9.17, 15) is 4.79 Å². The van der Waals surface area contributed by atoms with Crippen LogP contribution in [0.2, 0.25) is 10.0 Å². The van der Waals surface area contributed by atoms with Crippen LogP contribution in [0.15, 0.2) is 18.2 Å². The molecule has 1 saturated heterocycles. The van der Waals surface area contributed by atoms with Crippen molar-refractivity contribution in [3.05, 3.63) is 33.8 Å². The molecule has 1 aliphatic heterocycles. The third-order valence-electron chi connectivity index (χ3n) is 3.57. The van der Waals surface area contributed by atoms with E-state index in [4.69, 9.17) is 23.2 Å². The minimum Gasteiger partial charge on any atom is -0.341 e. The molecule has 0 spiro atoms. The molecule has 1 aliphatic rings. The summed E-state index contributed by atoms with van der Waals surface area (Å²) in [5, 5.41) is 4.35. The summed E-state index contributed by atoms with van der Waals surface area (Å²) < 4.78 is 0. The second-order valence-electron chi connectivity index (χ2n) is 4.84. The molecule has 1 aromatic rings. The largest absolute Gasteiger partial charge is 0.341 e. The number of likely N-dealkylation sites (tertiary alicyclic amines) is 1. The van der Waals surface area contributed by atoms with Crippen molar-refractivity contribution in [3.8, 4) is 0 Å². The Balaban J connectivity index is 0.00000200. The Kier molecular flexibility index (Phi) is 7.10. The van der Waals surface area contributed by atoms with Crippen LogP contribution in [0.4, 0.5) is 0 Å².